The Labute approximate surface area is 169 Å². The summed E-state index contributed by atoms with van der Waals surface area (Å²) in [5.41, 5.74) is 1.63. The van der Waals surface area contributed by atoms with Crippen molar-refractivity contribution in [2.45, 2.75) is 31.2 Å². The molecule has 3 aromatic rings. The molecule has 0 saturated heterocycles. The van der Waals surface area contributed by atoms with E-state index in [2.05, 4.69) is 4.98 Å². The van der Waals surface area contributed by atoms with Gasteiger partial charge in [-0.3, -0.25) is 4.79 Å². The fraction of sp³-hybridized carbons (Fsp3) is 0.238. The topological polar surface area (TPSA) is 83.7 Å². The molecule has 0 fully saturated rings. The number of carbonyl (C=O) groups excluding carboxylic acids is 1. The Hall–Kier alpha value is -3.13. The zero-order valence-corrected chi connectivity index (χ0v) is 16.8. The minimum atomic E-state index is -3.89. The van der Waals surface area contributed by atoms with Crippen LogP contribution in [0.1, 0.15) is 24.7 Å². The maximum Gasteiger partial charge on any atom is 0.265 e. The van der Waals surface area contributed by atoms with Crippen LogP contribution < -0.4 is 9.21 Å². The number of furan rings is 1. The van der Waals surface area contributed by atoms with Gasteiger partial charge in [-0.05, 0) is 60.9 Å². The van der Waals surface area contributed by atoms with Crippen molar-refractivity contribution in [1.82, 2.24) is 4.98 Å². The summed E-state index contributed by atoms with van der Waals surface area (Å²) in [4.78, 5) is 18.0. The van der Waals surface area contributed by atoms with Gasteiger partial charge in [-0.2, -0.15) is 0 Å². The molecule has 1 amide bonds. The number of aromatic nitrogens is 1. The third-order valence-electron chi connectivity index (χ3n) is 4.92. The molecule has 29 heavy (non-hydrogen) atoms. The number of rotatable bonds is 5. The summed E-state index contributed by atoms with van der Waals surface area (Å²) in [5.74, 6) is 0.779. The molecule has 0 N–H and O–H groups in total. The maximum atomic E-state index is 13.5. The summed E-state index contributed by atoms with van der Waals surface area (Å²) in [5, 5.41) is 0. The molecular weight excluding hydrogens is 390 g/mol. The van der Waals surface area contributed by atoms with E-state index in [1.54, 1.807) is 59.6 Å². The van der Waals surface area contributed by atoms with Crippen molar-refractivity contribution in [2.24, 2.45) is 0 Å². The smallest absolute Gasteiger partial charge is 0.265 e. The highest BCUT2D eigenvalue weighted by Gasteiger charge is 2.29. The van der Waals surface area contributed by atoms with Crippen LogP contribution in [0.2, 0.25) is 0 Å². The highest BCUT2D eigenvalue weighted by molar-refractivity contribution is 7.92. The Kier molecular flexibility index (Phi) is 5.10. The number of sulfonamides is 1. The Morgan fingerprint density at radius 1 is 1.21 bits per heavy atom. The first-order valence-electron chi connectivity index (χ1n) is 9.34. The van der Waals surface area contributed by atoms with Crippen LogP contribution in [0, 0.1) is 0 Å². The molecular formula is C21H21N3O4S. The molecule has 150 valence electrons. The van der Waals surface area contributed by atoms with Crippen LogP contribution >= 0.6 is 0 Å². The summed E-state index contributed by atoms with van der Waals surface area (Å²) >= 11 is 0. The van der Waals surface area contributed by atoms with Crippen molar-refractivity contribution in [3.63, 3.8) is 0 Å². The van der Waals surface area contributed by atoms with Gasteiger partial charge in [-0.1, -0.05) is 6.07 Å². The van der Waals surface area contributed by atoms with Crippen LogP contribution in [0.5, 0.6) is 0 Å². The number of nitrogens with zero attached hydrogens (tertiary/aromatic N) is 3. The number of hydrogen-bond acceptors (Lipinski definition) is 5. The van der Waals surface area contributed by atoms with Gasteiger partial charge in [0, 0.05) is 25.4 Å². The van der Waals surface area contributed by atoms with Crippen LogP contribution in [-0.2, 0) is 27.8 Å². The zero-order chi connectivity index (χ0) is 20.4. The van der Waals surface area contributed by atoms with Crippen LogP contribution in [0.4, 0.5) is 11.5 Å². The average Bonchev–Trinajstić information content (AvgIpc) is 3.25. The number of anilines is 2. The van der Waals surface area contributed by atoms with Crippen LogP contribution in [0.15, 0.2) is 70.3 Å². The normalized spacial score (nSPS) is 13.8. The van der Waals surface area contributed by atoms with E-state index in [9.17, 15) is 13.2 Å². The Bertz CT molecular complexity index is 1110. The Balaban J connectivity index is 1.76. The van der Waals surface area contributed by atoms with Gasteiger partial charge in [0.05, 0.1) is 17.7 Å². The highest BCUT2D eigenvalue weighted by atomic mass is 32.2. The van der Waals surface area contributed by atoms with Gasteiger partial charge >= 0.3 is 0 Å². The summed E-state index contributed by atoms with van der Waals surface area (Å²) in [6.45, 7) is 2.20. The quantitative estimate of drug-likeness (QED) is 0.643. The third kappa shape index (κ3) is 3.75. The fourth-order valence-corrected chi connectivity index (χ4v) is 4.96. The number of pyridine rings is 1. The Morgan fingerprint density at radius 3 is 2.76 bits per heavy atom. The molecule has 1 aromatic carbocycles. The van der Waals surface area contributed by atoms with Crippen molar-refractivity contribution in [2.75, 3.05) is 15.7 Å². The van der Waals surface area contributed by atoms with Crippen LogP contribution in [0.25, 0.3) is 0 Å². The number of amides is 1. The molecule has 0 saturated carbocycles. The van der Waals surface area contributed by atoms with Crippen molar-refractivity contribution in [3.8, 4) is 0 Å². The number of carbonyl (C=O) groups is 1. The first-order chi connectivity index (χ1) is 14.0. The summed E-state index contributed by atoms with van der Waals surface area (Å²) in [6, 6.07) is 13.5. The second-order valence-corrected chi connectivity index (χ2v) is 8.71. The van der Waals surface area contributed by atoms with Gasteiger partial charge in [0.15, 0.2) is 0 Å². The first kappa shape index (κ1) is 19.2. The van der Waals surface area contributed by atoms with E-state index in [1.807, 2.05) is 0 Å². The second kappa shape index (κ2) is 7.71. The zero-order valence-electron chi connectivity index (χ0n) is 16.0. The van der Waals surface area contributed by atoms with E-state index < -0.39 is 10.0 Å². The average molecular weight is 411 g/mol. The molecule has 3 heterocycles. The summed E-state index contributed by atoms with van der Waals surface area (Å²) in [7, 11) is -3.89. The largest absolute Gasteiger partial charge is 0.467 e. The molecule has 0 radical (unpaired) electrons. The molecule has 0 spiro atoms. The molecule has 2 aromatic heterocycles. The van der Waals surface area contributed by atoms with E-state index in [1.165, 1.54) is 17.5 Å². The standard InChI is InChI=1S/C21H21N3O4S/c1-16(25)23-12-4-6-17-14-19(9-10-20(17)23)29(26,27)24(15-18-7-5-13-28-18)21-8-2-3-11-22-21/h2-3,5,7-11,13-14H,4,6,12,15H2,1H3. The molecule has 0 aliphatic carbocycles. The van der Waals surface area contributed by atoms with Gasteiger partial charge in [0.1, 0.15) is 11.6 Å². The maximum absolute atomic E-state index is 13.5. The molecule has 4 rings (SSSR count). The summed E-state index contributed by atoms with van der Waals surface area (Å²) < 4.78 is 33.7. The lowest BCUT2D eigenvalue weighted by atomic mass is 10.0. The third-order valence-corrected chi connectivity index (χ3v) is 6.67. The first-order valence-corrected chi connectivity index (χ1v) is 10.8. The van der Waals surface area contributed by atoms with Gasteiger partial charge in [-0.15, -0.1) is 0 Å². The van der Waals surface area contributed by atoms with Crippen molar-refractivity contribution in [1.29, 1.82) is 0 Å². The second-order valence-electron chi connectivity index (χ2n) is 6.84. The minimum absolute atomic E-state index is 0.0308. The van der Waals surface area contributed by atoms with Gasteiger partial charge < -0.3 is 9.32 Å². The van der Waals surface area contributed by atoms with E-state index in [4.69, 9.17) is 4.42 Å². The molecule has 1 aliphatic heterocycles. The van der Waals surface area contributed by atoms with Crippen LogP contribution in [0.3, 0.4) is 0 Å². The van der Waals surface area contributed by atoms with E-state index in [0.29, 0.717) is 18.1 Å². The van der Waals surface area contributed by atoms with E-state index in [-0.39, 0.29) is 17.3 Å². The fourth-order valence-electron chi connectivity index (χ4n) is 3.52. The number of fused-ring (bicyclic) bond motifs is 1. The predicted octanol–water partition coefficient (Wildman–Crippen LogP) is 3.37. The predicted molar refractivity (Wildman–Crippen MR) is 109 cm³/mol. The van der Waals surface area contributed by atoms with Crippen molar-refractivity contribution in [3.05, 3.63) is 72.3 Å². The SMILES string of the molecule is CC(=O)N1CCCc2cc(S(=O)(=O)N(Cc3ccco3)c3ccccn3)ccc21. The van der Waals surface area contributed by atoms with Crippen LogP contribution in [-0.4, -0.2) is 25.9 Å². The van der Waals surface area contributed by atoms with Gasteiger partial charge in [-0.25, -0.2) is 17.7 Å². The van der Waals surface area contributed by atoms with Crippen molar-refractivity contribution >= 4 is 27.4 Å². The molecule has 8 heteroatoms. The highest BCUT2D eigenvalue weighted by Crippen LogP contribution is 2.32. The van der Waals surface area contributed by atoms with E-state index >= 15 is 0 Å². The van der Waals surface area contributed by atoms with Gasteiger partial charge in [0.25, 0.3) is 10.0 Å². The molecule has 1 aliphatic rings. The number of hydrogen-bond donors (Lipinski definition) is 0. The minimum Gasteiger partial charge on any atom is -0.467 e. The number of aryl methyl sites for hydroxylation is 1. The molecule has 0 atom stereocenters. The molecule has 0 unspecified atom stereocenters. The molecule has 7 nitrogen and oxygen atoms in total. The lowest BCUT2D eigenvalue weighted by Gasteiger charge is -2.29. The monoisotopic (exact) mass is 411 g/mol. The number of benzene rings is 1. The van der Waals surface area contributed by atoms with Crippen molar-refractivity contribution < 1.29 is 17.6 Å². The molecule has 0 bridgehead atoms. The van der Waals surface area contributed by atoms with E-state index in [0.717, 1.165) is 24.1 Å². The lowest BCUT2D eigenvalue weighted by molar-refractivity contribution is -0.116. The van der Waals surface area contributed by atoms with Gasteiger partial charge in [0.2, 0.25) is 5.91 Å². The Morgan fingerprint density at radius 2 is 2.07 bits per heavy atom. The lowest BCUT2D eigenvalue weighted by Crippen LogP contribution is -2.34. The summed E-state index contributed by atoms with van der Waals surface area (Å²) in [6.07, 6.45) is 4.59.